The van der Waals surface area contributed by atoms with Crippen LogP contribution in [0.15, 0.2) is 48.5 Å². The lowest BCUT2D eigenvalue weighted by Crippen LogP contribution is -2.55. The molecule has 0 spiro atoms. The maximum atomic E-state index is 13.2. The van der Waals surface area contributed by atoms with Gasteiger partial charge in [0.15, 0.2) is 5.78 Å². The van der Waals surface area contributed by atoms with Gasteiger partial charge in [0.05, 0.1) is 7.11 Å². The van der Waals surface area contributed by atoms with E-state index in [2.05, 4.69) is 0 Å². The highest BCUT2D eigenvalue weighted by Crippen LogP contribution is 2.39. The molecule has 4 rings (SSSR count). The number of hydrogen-bond donors (Lipinski definition) is 0. The topological polar surface area (TPSA) is 55.8 Å². The van der Waals surface area contributed by atoms with Crippen molar-refractivity contribution < 1.29 is 19.1 Å². The predicted octanol–water partition coefficient (Wildman–Crippen LogP) is 5.16. The van der Waals surface area contributed by atoms with Gasteiger partial charge < -0.3 is 14.4 Å². The molecule has 5 nitrogen and oxygen atoms in total. The number of amides is 1. The van der Waals surface area contributed by atoms with Crippen molar-refractivity contribution in [2.45, 2.75) is 57.7 Å². The second-order valence-electron chi connectivity index (χ2n) is 8.40. The van der Waals surface area contributed by atoms with Gasteiger partial charge in [0, 0.05) is 23.6 Å². The molecule has 0 aromatic heterocycles. The van der Waals surface area contributed by atoms with Crippen molar-refractivity contribution in [3.05, 3.63) is 65.2 Å². The molecule has 2 aliphatic rings. The minimum atomic E-state index is -0.253. The van der Waals surface area contributed by atoms with Crippen LogP contribution in [0.2, 0.25) is 0 Å². The number of aryl methyl sites for hydroxylation is 1. The number of ether oxygens (including phenoxy) is 2. The predicted molar refractivity (Wildman–Crippen MR) is 115 cm³/mol. The number of rotatable bonds is 5. The summed E-state index contributed by atoms with van der Waals surface area (Å²) in [7, 11) is 1.63. The molecular formula is C25H29NO4. The van der Waals surface area contributed by atoms with Crippen molar-refractivity contribution in [1.82, 2.24) is 4.90 Å². The molecule has 2 aromatic carbocycles. The summed E-state index contributed by atoms with van der Waals surface area (Å²) in [5, 5.41) is 0. The van der Waals surface area contributed by atoms with Crippen molar-refractivity contribution in [2.24, 2.45) is 5.92 Å². The Hall–Kier alpha value is -2.82. The van der Waals surface area contributed by atoms with Gasteiger partial charge in [0.25, 0.3) is 0 Å². The molecule has 2 aromatic rings. The summed E-state index contributed by atoms with van der Waals surface area (Å²) < 4.78 is 11.0. The van der Waals surface area contributed by atoms with Gasteiger partial charge >= 0.3 is 6.09 Å². The fourth-order valence-corrected chi connectivity index (χ4v) is 4.90. The van der Waals surface area contributed by atoms with Crippen LogP contribution in [0.1, 0.15) is 53.6 Å². The van der Waals surface area contributed by atoms with Crippen LogP contribution in [-0.4, -0.2) is 36.0 Å². The van der Waals surface area contributed by atoms with E-state index in [4.69, 9.17) is 9.47 Å². The van der Waals surface area contributed by atoms with E-state index in [0.717, 1.165) is 36.1 Å². The van der Waals surface area contributed by atoms with Crippen molar-refractivity contribution in [1.29, 1.82) is 0 Å². The van der Waals surface area contributed by atoms with Gasteiger partial charge in [-0.1, -0.05) is 42.5 Å². The number of Topliss-reactive ketones (excluding diaryl/α,β-unsaturated/α-hetero) is 1. The van der Waals surface area contributed by atoms with Gasteiger partial charge in [-0.15, -0.1) is 0 Å². The Morgan fingerprint density at radius 3 is 2.40 bits per heavy atom. The summed E-state index contributed by atoms with van der Waals surface area (Å²) in [5.41, 5.74) is 2.69. The molecule has 0 saturated carbocycles. The normalized spacial score (nSPS) is 23.0. The maximum absolute atomic E-state index is 13.2. The summed E-state index contributed by atoms with van der Waals surface area (Å²) in [6.07, 6.45) is 4.10. The van der Waals surface area contributed by atoms with E-state index in [-0.39, 0.29) is 36.5 Å². The number of nitrogens with zero attached hydrogens (tertiary/aromatic N) is 1. The van der Waals surface area contributed by atoms with Crippen LogP contribution in [-0.2, 0) is 11.3 Å². The van der Waals surface area contributed by atoms with Gasteiger partial charge in [0.2, 0.25) is 0 Å². The van der Waals surface area contributed by atoms with E-state index in [1.54, 1.807) is 7.11 Å². The Kier molecular flexibility index (Phi) is 6.07. The number of fused-ring (bicyclic) bond motifs is 2. The second-order valence-corrected chi connectivity index (χ2v) is 8.40. The minimum absolute atomic E-state index is 0.0640. The summed E-state index contributed by atoms with van der Waals surface area (Å²) in [6, 6.07) is 15.5. The van der Waals surface area contributed by atoms with Crippen LogP contribution < -0.4 is 4.74 Å². The number of benzene rings is 2. The number of piperidine rings is 2. The van der Waals surface area contributed by atoms with E-state index in [9.17, 15) is 9.59 Å². The summed E-state index contributed by atoms with van der Waals surface area (Å²) >= 11 is 0. The fraction of sp³-hybridized carbons (Fsp3) is 0.440. The zero-order valence-corrected chi connectivity index (χ0v) is 17.7. The maximum Gasteiger partial charge on any atom is 0.410 e. The standard InChI is InChI=1S/C25H29NO4/c1-17-11-12-19(15-23(17)29-2)24(27)20-13-21-9-6-10-22(14-20)26(21)25(28)30-16-18-7-4-3-5-8-18/h3-5,7-8,11-12,15,20-22H,6,9-10,13-14,16H2,1-2H3. The molecule has 0 aliphatic carbocycles. The van der Waals surface area contributed by atoms with Crippen molar-refractivity contribution in [2.75, 3.05) is 7.11 Å². The molecule has 30 heavy (non-hydrogen) atoms. The third-order valence-electron chi connectivity index (χ3n) is 6.45. The van der Waals surface area contributed by atoms with E-state index in [0.29, 0.717) is 18.4 Å². The molecule has 2 saturated heterocycles. The Bertz CT molecular complexity index is 897. The van der Waals surface area contributed by atoms with E-state index < -0.39 is 0 Å². The van der Waals surface area contributed by atoms with E-state index in [1.807, 2.05) is 60.4 Å². The quantitative estimate of drug-likeness (QED) is 0.643. The summed E-state index contributed by atoms with van der Waals surface area (Å²) in [5.74, 6) is 0.830. The molecule has 2 bridgehead atoms. The third-order valence-corrected chi connectivity index (χ3v) is 6.45. The molecule has 2 heterocycles. The fourth-order valence-electron chi connectivity index (χ4n) is 4.90. The van der Waals surface area contributed by atoms with Crippen molar-refractivity contribution >= 4 is 11.9 Å². The van der Waals surface area contributed by atoms with Gasteiger partial charge in [-0.05, 0) is 56.2 Å². The smallest absolute Gasteiger partial charge is 0.410 e. The number of ketones is 1. The Balaban J connectivity index is 1.44. The second kappa shape index (κ2) is 8.90. The summed E-state index contributed by atoms with van der Waals surface area (Å²) in [6.45, 7) is 2.25. The number of hydrogen-bond acceptors (Lipinski definition) is 4. The molecule has 5 heteroatoms. The first-order valence-corrected chi connectivity index (χ1v) is 10.7. The van der Waals surface area contributed by atoms with E-state index >= 15 is 0 Å². The zero-order chi connectivity index (χ0) is 21.1. The average Bonchev–Trinajstić information content (AvgIpc) is 2.77. The minimum Gasteiger partial charge on any atom is -0.496 e. The largest absolute Gasteiger partial charge is 0.496 e. The van der Waals surface area contributed by atoms with Crippen LogP contribution in [0.3, 0.4) is 0 Å². The van der Waals surface area contributed by atoms with Gasteiger partial charge in [-0.25, -0.2) is 4.79 Å². The highest BCUT2D eigenvalue weighted by molar-refractivity contribution is 5.98. The lowest BCUT2D eigenvalue weighted by atomic mass is 9.76. The SMILES string of the molecule is COc1cc(C(=O)C2CC3CCCC(C2)N3C(=O)OCc2ccccc2)ccc1C. The van der Waals surface area contributed by atoms with E-state index in [1.165, 1.54) is 0 Å². The first-order chi connectivity index (χ1) is 14.6. The van der Waals surface area contributed by atoms with Crippen molar-refractivity contribution in [3.63, 3.8) is 0 Å². The van der Waals surface area contributed by atoms with Gasteiger partial charge in [-0.2, -0.15) is 0 Å². The number of carbonyl (C=O) groups is 2. The molecule has 0 N–H and O–H groups in total. The molecule has 2 atom stereocenters. The average molecular weight is 408 g/mol. The van der Waals surface area contributed by atoms with Crippen LogP contribution >= 0.6 is 0 Å². The van der Waals surface area contributed by atoms with Crippen LogP contribution in [0.4, 0.5) is 4.79 Å². The molecule has 1 amide bonds. The Morgan fingerprint density at radius 1 is 1.03 bits per heavy atom. The molecule has 2 fully saturated rings. The Labute approximate surface area is 178 Å². The lowest BCUT2D eigenvalue weighted by molar-refractivity contribution is 0.00472. The zero-order valence-electron chi connectivity index (χ0n) is 17.7. The summed E-state index contributed by atoms with van der Waals surface area (Å²) in [4.78, 5) is 28.0. The monoisotopic (exact) mass is 407 g/mol. The van der Waals surface area contributed by atoms with Gasteiger partial charge in [0.1, 0.15) is 12.4 Å². The third kappa shape index (κ3) is 4.20. The first kappa shape index (κ1) is 20.5. The van der Waals surface area contributed by atoms with Crippen LogP contribution in [0.5, 0.6) is 5.75 Å². The molecular weight excluding hydrogens is 378 g/mol. The Morgan fingerprint density at radius 2 is 1.73 bits per heavy atom. The first-order valence-electron chi connectivity index (χ1n) is 10.7. The number of methoxy groups -OCH3 is 1. The number of carbonyl (C=O) groups excluding carboxylic acids is 2. The molecule has 2 aliphatic heterocycles. The van der Waals surface area contributed by atoms with Crippen molar-refractivity contribution in [3.8, 4) is 5.75 Å². The lowest BCUT2D eigenvalue weighted by Gasteiger charge is -2.47. The molecule has 2 unspecified atom stereocenters. The highest BCUT2D eigenvalue weighted by atomic mass is 16.6. The highest BCUT2D eigenvalue weighted by Gasteiger charge is 2.43. The van der Waals surface area contributed by atoms with Gasteiger partial charge in [-0.3, -0.25) is 4.79 Å². The molecule has 0 radical (unpaired) electrons. The van der Waals surface area contributed by atoms with Crippen LogP contribution in [0.25, 0.3) is 0 Å². The van der Waals surface area contributed by atoms with Crippen LogP contribution in [0, 0.1) is 12.8 Å². The molecule has 158 valence electrons.